The van der Waals surface area contributed by atoms with Gasteiger partial charge in [-0.25, -0.2) is 4.79 Å². The molecular formula is C29H34ClN3O3S. The molecule has 1 N–H and O–H groups in total. The van der Waals surface area contributed by atoms with Gasteiger partial charge in [-0.1, -0.05) is 38.4 Å². The molecule has 0 spiro atoms. The van der Waals surface area contributed by atoms with Gasteiger partial charge in [0.2, 0.25) is 0 Å². The highest BCUT2D eigenvalue weighted by Gasteiger charge is 2.29. The molecule has 3 aromatic rings. The SMILES string of the molecule is CC(C)(C)OC(=O)NC1CCN(C(=O)c2ccc(-c3csc(-c4ccnc(C(C)(C)C)c4)c3)c(Cl)c2)C1. The Bertz CT molecular complexity index is 1310. The molecule has 2 aromatic heterocycles. The van der Waals surface area contributed by atoms with Crippen molar-refractivity contribution >= 4 is 34.9 Å². The van der Waals surface area contributed by atoms with Crippen LogP contribution in [-0.4, -0.2) is 46.6 Å². The van der Waals surface area contributed by atoms with Crippen molar-refractivity contribution in [2.45, 2.75) is 65.0 Å². The summed E-state index contributed by atoms with van der Waals surface area (Å²) in [6, 6.07) is 11.6. The molecule has 37 heavy (non-hydrogen) atoms. The van der Waals surface area contributed by atoms with Crippen molar-refractivity contribution in [3.05, 3.63) is 64.3 Å². The molecule has 1 fully saturated rings. The van der Waals surface area contributed by atoms with Crippen LogP contribution in [0.2, 0.25) is 5.02 Å². The van der Waals surface area contributed by atoms with Crippen LogP contribution < -0.4 is 5.32 Å². The lowest BCUT2D eigenvalue weighted by Crippen LogP contribution is -2.41. The number of pyridine rings is 1. The van der Waals surface area contributed by atoms with Crippen LogP contribution in [0.3, 0.4) is 0 Å². The van der Waals surface area contributed by atoms with E-state index in [1.54, 1.807) is 22.3 Å². The topological polar surface area (TPSA) is 71.5 Å². The molecule has 1 unspecified atom stereocenters. The van der Waals surface area contributed by atoms with Gasteiger partial charge < -0.3 is 15.0 Å². The van der Waals surface area contributed by atoms with Crippen molar-refractivity contribution in [1.82, 2.24) is 15.2 Å². The Kier molecular flexibility index (Phi) is 7.67. The van der Waals surface area contributed by atoms with Crippen LogP contribution in [0.25, 0.3) is 21.6 Å². The van der Waals surface area contributed by atoms with E-state index in [-0.39, 0.29) is 17.4 Å². The van der Waals surface area contributed by atoms with Crippen LogP contribution in [0.1, 0.15) is 64.0 Å². The van der Waals surface area contributed by atoms with Gasteiger partial charge in [-0.3, -0.25) is 9.78 Å². The van der Waals surface area contributed by atoms with Crippen LogP contribution in [0.5, 0.6) is 0 Å². The molecule has 0 radical (unpaired) electrons. The second-order valence-corrected chi connectivity index (χ2v) is 12.8. The number of carbonyl (C=O) groups is 2. The fourth-order valence-electron chi connectivity index (χ4n) is 4.22. The van der Waals surface area contributed by atoms with E-state index in [9.17, 15) is 9.59 Å². The second-order valence-electron chi connectivity index (χ2n) is 11.5. The van der Waals surface area contributed by atoms with Crippen molar-refractivity contribution in [3.8, 4) is 21.6 Å². The number of rotatable bonds is 4. The summed E-state index contributed by atoms with van der Waals surface area (Å²) >= 11 is 8.32. The first-order chi connectivity index (χ1) is 17.3. The highest BCUT2D eigenvalue weighted by atomic mass is 35.5. The molecule has 6 nitrogen and oxygen atoms in total. The third-order valence-electron chi connectivity index (χ3n) is 6.14. The molecule has 1 aliphatic heterocycles. The summed E-state index contributed by atoms with van der Waals surface area (Å²) < 4.78 is 5.33. The first kappa shape index (κ1) is 27.1. The third kappa shape index (κ3) is 6.70. The minimum atomic E-state index is -0.562. The van der Waals surface area contributed by atoms with Crippen molar-refractivity contribution in [1.29, 1.82) is 0 Å². The zero-order valence-electron chi connectivity index (χ0n) is 22.2. The summed E-state index contributed by atoms with van der Waals surface area (Å²) in [6.45, 7) is 12.9. The Morgan fingerprint density at radius 1 is 1.08 bits per heavy atom. The lowest BCUT2D eigenvalue weighted by molar-refractivity contribution is 0.0502. The van der Waals surface area contributed by atoms with Gasteiger partial charge in [-0.2, -0.15) is 0 Å². The van der Waals surface area contributed by atoms with Gasteiger partial charge in [0, 0.05) is 51.4 Å². The van der Waals surface area contributed by atoms with Gasteiger partial charge in [0.1, 0.15) is 5.60 Å². The van der Waals surface area contributed by atoms with Crippen LogP contribution in [0.15, 0.2) is 48.0 Å². The molecule has 4 rings (SSSR count). The number of halogens is 1. The first-order valence-corrected chi connectivity index (χ1v) is 13.7. The highest BCUT2D eigenvalue weighted by Crippen LogP contribution is 2.37. The fourth-order valence-corrected chi connectivity index (χ4v) is 5.42. The minimum Gasteiger partial charge on any atom is -0.444 e. The van der Waals surface area contributed by atoms with Crippen molar-refractivity contribution in [3.63, 3.8) is 0 Å². The first-order valence-electron chi connectivity index (χ1n) is 12.4. The predicted molar refractivity (Wildman–Crippen MR) is 150 cm³/mol. The Morgan fingerprint density at radius 3 is 2.51 bits per heavy atom. The average molecular weight is 540 g/mol. The smallest absolute Gasteiger partial charge is 0.407 e. The zero-order valence-corrected chi connectivity index (χ0v) is 23.8. The van der Waals surface area contributed by atoms with E-state index in [1.807, 2.05) is 45.2 Å². The molecule has 1 aromatic carbocycles. The number of amides is 2. The number of likely N-dealkylation sites (tertiary alicyclic amines) is 1. The summed E-state index contributed by atoms with van der Waals surface area (Å²) in [7, 11) is 0. The molecule has 1 aliphatic rings. The number of carbonyl (C=O) groups excluding carboxylic acids is 2. The molecule has 196 valence electrons. The summed E-state index contributed by atoms with van der Waals surface area (Å²) in [4.78, 5) is 32.6. The molecule has 1 atom stereocenters. The van der Waals surface area contributed by atoms with Crippen LogP contribution in [-0.2, 0) is 10.2 Å². The highest BCUT2D eigenvalue weighted by molar-refractivity contribution is 7.14. The Hall–Kier alpha value is -2.90. The van der Waals surface area contributed by atoms with E-state index in [2.05, 4.69) is 48.6 Å². The maximum Gasteiger partial charge on any atom is 0.407 e. The molecule has 1 saturated heterocycles. The molecular weight excluding hydrogens is 506 g/mol. The lowest BCUT2D eigenvalue weighted by Gasteiger charge is -2.22. The number of thiophene rings is 1. The van der Waals surface area contributed by atoms with Gasteiger partial charge in [0.15, 0.2) is 0 Å². The molecule has 3 heterocycles. The Morgan fingerprint density at radius 2 is 1.84 bits per heavy atom. The standard InChI is InChI=1S/C29H34ClN3O3S/c1-28(2,3)25-15-18(9-11-31-25)24-14-20(17-37-24)22-8-7-19(13-23(22)30)26(34)33-12-10-21(16-33)32-27(35)36-29(4,5)6/h7-9,11,13-15,17,21H,10,12,16H2,1-6H3,(H,32,35). The van der Waals surface area contributed by atoms with Crippen molar-refractivity contribution < 1.29 is 14.3 Å². The summed E-state index contributed by atoms with van der Waals surface area (Å²) in [5.74, 6) is -0.0977. The summed E-state index contributed by atoms with van der Waals surface area (Å²) in [6.07, 6.45) is 2.07. The monoisotopic (exact) mass is 539 g/mol. The van der Waals surface area contributed by atoms with Crippen LogP contribution >= 0.6 is 22.9 Å². The Labute approximate surface area is 228 Å². The van der Waals surface area contributed by atoms with E-state index >= 15 is 0 Å². The lowest BCUT2D eigenvalue weighted by atomic mass is 9.90. The molecule has 0 aliphatic carbocycles. The number of benzene rings is 1. The number of nitrogens with one attached hydrogen (secondary N) is 1. The van der Waals surface area contributed by atoms with Crippen molar-refractivity contribution in [2.24, 2.45) is 0 Å². The zero-order chi connectivity index (χ0) is 27.0. The summed E-state index contributed by atoms with van der Waals surface area (Å²) in [5, 5.41) is 5.47. The van der Waals surface area contributed by atoms with Gasteiger partial charge in [-0.15, -0.1) is 11.3 Å². The van der Waals surface area contributed by atoms with Crippen LogP contribution in [0.4, 0.5) is 4.79 Å². The number of hydrogen-bond donors (Lipinski definition) is 1. The van der Waals surface area contributed by atoms with E-state index in [0.717, 1.165) is 27.3 Å². The largest absolute Gasteiger partial charge is 0.444 e. The molecule has 0 saturated carbocycles. The minimum absolute atomic E-state index is 0.0249. The van der Waals surface area contributed by atoms with Gasteiger partial charge in [0.05, 0.1) is 6.04 Å². The Balaban J connectivity index is 1.44. The third-order valence-corrected chi connectivity index (χ3v) is 7.43. The van der Waals surface area contributed by atoms with E-state index < -0.39 is 11.7 Å². The van der Waals surface area contributed by atoms with E-state index in [1.165, 1.54) is 0 Å². The molecule has 0 bridgehead atoms. The van der Waals surface area contributed by atoms with E-state index in [4.69, 9.17) is 16.3 Å². The maximum atomic E-state index is 13.1. The maximum absolute atomic E-state index is 13.1. The summed E-state index contributed by atoms with van der Waals surface area (Å²) in [5.41, 5.74) is 4.02. The second kappa shape index (κ2) is 10.5. The van der Waals surface area contributed by atoms with Crippen molar-refractivity contribution in [2.75, 3.05) is 13.1 Å². The normalized spacial score (nSPS) is 16.1. The van der Waals surface area contributed by atoms with Gasteiger partial charge >= 0.3 is 6.09 Å². The quantitative estimate of drug-likeness (QED) is 0.381. The molecule has 2 amide bonds. The number of alkyl carbamates (subject to hydrolysis) is 1. The number of nitrogens with zero attached hydrogens (tertiary/aromatic N) is 2. The van der Waals surface area contributed by atoms with Crippen LogP contribution in [0, 0.1) is 0 Å². The number of hydrogen-bond acceptors (Lipinski definition) is 5. The number of aromatic nitrogens is 1. The fraction of sp³-hybridized carbons (Fsp3) is 0.414. The van der Waals surface area contributed by atoms with Gasteiger partial charge in [0.25, 0.3) is 5.91 Å². The predicted octanol–water partition coefficient (Wildman–Crippen LogP) is 7.17. The molecule has 8 heteroatoms. The number of ether oxygens (including phenoxy) is 1. The average Bonchev–Trinajstić information content (AvgIpc) is 3.47. The van der Waals surface area contributed by atoms with E-state index in [0.29, 0.717) is 30.1 Å². The van der Waals surface area contributed by atoms with Gasteiger partial charge in [-0.05, 0) is 74.0 Å².